The van der Waals surface area contributed by atoms with Crippen LogP contribution in [0.3, 0.4) is 0 Å². The SMILES string of the molecule is CCCC(=O)Nc1nn(Cc2ccc(F)cc2)cc1Cl. The second-order valence-electron chi connectivity index (χ2n) is 4.45. The summed E-state index contributed by atoms with van der Waals surface area (Å²) in [4.78, 5) is 11.5. The number of aromatic nitrogens is 2. The minimum absolute atomic E-state index is 0.110. The number of carbonyl (C=O) groups is 1. The first kappa shape index (κ1) is 14.5. The molecule has 6 heteroatoms. The first-order valence-corrected chi connectivity index (χ1v) is 6.73. The minimum Gasteiger partial charge on any atom is -0.308 e. The molecule has 0 unspecified atom stereocenters. The standard InChI is InChI=1S/C14H15ClFN3O/c1-2-3-13(20)17-14-12(15)9-19(18-14)8-10-4-6-11(16)7-5-10/h4-7,9H,2-3,8H2,1H3,(H,17,18,20). The monoisotopic (exact) mass is 295 g/mol. The summed E-state index contributed by atoms with van der Waals surface area (Å²) in [6, 6.07) is 6.15. The van der Waals surface area contributed by atoms with E-state index < -0.39 is 0 Å². The van der Waals surface area contributed by atoms with Gasteiger partial charge in [0, 0.05) is 12.6 Å². The second-order valence-corrected chi connectivity index (χ2v) is 4.86. The molecule has 1 aromatic carbocycles. The summed E-state index contributed by atoms with van der Waals surface area (Å²) in [6.45, 7) is 2.39. The lowest BCUT2D eigenvalue weighted by Crippen LogP contribution is -2.12. The van der Waals surface area contributed by atoms with Crippen LogP contribution in [0.1, 0.15) is 25.3 Å². The van der Waals surface area contributed by atoms with Gasteiger partial charge in [-0.3, -0.25) is 9.48 Å². The topological polar surface area (TPSA) is 46.9 Å². The van der Waals surface area contributed by atoms with Gasteiger partial charge in [0.1, 0.15) is 10.8 Å². The van der Waals surface area contributed by atoms with E-state index in [1.165, 1.54) is 12.1 Å². The van der Waals surface area contributed by atoms with Crippen molar-refractivity contribution in [3.63, 3.8) is 0 Å². The molecule has 0 aliphatic heterocycles. The third-order valence-corrected chi connectivity index (χ3v) is 2.99. The number of amides is 1. The van der Waals surface area contributed by atoms with Crippen molar-refractivity contribution in [1.82, 2.24) is 9.78 Å². The van der Waals surface area contributed by atoms with Crippen LogP contribution in [0.15, 0.2) is 30.5 Å². The average molecular weight is 296 g/mol. The van der Waals surface area contributed by atoms with Gasteiger partial charge in [-0.2, -0.15) is 5.10 Å². The fraction of sp³-hybridized carbons (Fsp3) is 0.286. The Kier molecular flexibility index (Phi) is 4.74. The number of anilines is 1. The third kappa shape index (κ3) is 3.81. The molecule has 4 nitrogen and oxygen atoms in total. The van der Waals surface area contributed by atoms with Crippen LogP contribution in [0, 0.1) is 5.82 Å². The summed E-state index contributed by atoms with van der Waals surface area (Å²) in [5, 5.41) is 7.26. The van der Waals surface area contributed by atoms with Crippen molar-refractivity contribution >= 4 is 23.3 Å². The Morgan fingerprint density at radius 3 is 2.75 bits per heavy atom. The molecule has 0 aliphatic rings. The third-order valence-electron chi connectivity index (χ3n) is 2.71. The smallest absolute Gasteiger partial charge is 0.225 e. The van der Waals surface area contributed by atoms with Crippen LogP contribution in [0.5, 0.6) is 0 Å². The van der Waals surface area contributed by atoms with Gasteiger partial charge in [-0.15, -0.1) is 0 Å². The fourth-order valence-corrected chi connectivity index (χ4v) is 1.96. The number of hydrogen-bond acceptors (Lipinski definition) is 2. The minimum atomic E-state index is -0.278. The molecule has 0 bridgehead atoms. The van der Waals surface area contributed by atoms with Crippen LogP contribution in [-0.4, -0.2) is 15.7 Å². The molecule has 0 spiro atoms. The molecule has 1 aromatic heterocycles. The first-order chi connectivity index (χ1) is 9.58. The number of rotatable bonds is 5. The Hall–Kier alpha value is -1.88. The second kappa shape index (κ2) is 6.52. The van der Waals surface area contributed by atoms with Gasteiger partial charge in [0.15, 0.2) is 5.82 Å². The van der Waals surface area contributed by atoms with E-state index in [1.807, 2.05) is 6.92 Å². The molecule has 2 rings (SSSR count). The average Bonchev–Trinajstić information content (AvgIpc) is 2.73. The summed E-state index contributed by atoms with van der Waals surface area (Å²) in [5.41, 5.74) is 0.900. The number of halogens is 2. The van der Waals surface area contributed by atoms with Crippen molar-refractivity contribution in [2.75, 3.05) is 5.32 Å². The molecule has 1 heterocycles. The predicted octanol–water partition coefficient (Wildman–Crippen LogP) is 3.46. The quantitative estimate of drug-likeness (QED) is 0.918. The Morgan fingerprint density at radius 2 is 2.10 bits per heavy atom. The number of carbonyl (C=O) groups excluding carboxylic acids is 1. The van der Waals surface area contributed by atoms with E-state index in [9.17, 15) is 9.18 Å². The van der Waals surface area contributed by atoms with Crippen LogP contribution in [-0.2, 0) is 11.3 Å². The summed E-state index contributed by atoms with van der Waals surface area (Å²) < 4.78 is 14.4. The Labute approximate surface area is 121 Å². The number of nitrogens with one attached hydrogen (secondary N) is 1. The van der Waals surface area contributed by atoms with E-state index in [-0.39, 0.29) is 11.7 Å². The summed E-state index contributed by atoms with van der Waals surface area (Å²) >= 11 is 6.02. The van der Waals surface area contributed by atoms with Gasteiger partial charge in [-0.05, 0) is 24.1 Å². The molecule has 0 aliphatic carbocycles. The molecular weight excluding hydrogens is 281 g/mol. The van der Waals surface area contributed by atoms with E-state index in [2.05, 4.69) is 10.4 Å². The van der Waals surface area contributed by atoms with E-state index in [1.54, 1.807) is 23.0 Å². The predicted molar refractivity (Wildman–Crippen MR) is 76.3 cm³/mol. The Morgan fingerprint density at radius 1 is 1.40 bits per heavy atom. The van der Waals surface area contributed by atoms with Crippen LogP contribution in [0.25, 0.3) is 0 Å². The molecule has 20 heavy (non-hydrogen) atoms. The maximum Gasteiger partial charge on any atom is 0.225 e. The van der Waals surface area contributed by atoms with Gasteiger partial charge >= 0.3 is 0 Å². The first-order valence-electron chi connectivity index (χ1n) is 6.35. The van der Waals surface area contributed by atoms with Gasteiger partial charge in [0.2, 0.25) is 5.91 Å². The lowest BCUT2D eigenvalue weighted by molar-refractivity contribution is -0.116. The van der Waals surface area contributed by atoms with E-state index in [0.29, 0.717) is 23.8 Å². The highest BCUT2D eigenvalue weighted by molar-refractivity contribution is 6.33. The number of benzene rings is 1. The zero-order valence-electron chi connectivity index (χ0n) is 11.1. The van der Waals surface area contributed by atoms with Gasteiger partial charge < -0.3 is 5.32 Å². The highest BCUT2D eigenvalue weighted by Crippen LogP contribution is 2.20. The molecule has 0 fully saturated rings. The zero-order chi connectivity index (χ0) is 14.5. The van der Waals surface area contributed by atoms with Crippen molar-refractivity contribution in [1.29, 1.82) is 0 Å². The lowest BCUT2D eigenvalue weighted by atomic mass is 10.2. The zero-order valence-corrected chi connectivity index (χ0v) is 11.8. The van der Waals surface area contributed by atoms with Crippen molar-refractivity contribution in [2.45, 2.75) is 26.3 Å². The number of nitrogens with zero attached hydrogens (tertiary/aromatic N) is 2. The van der Waals surface area contributed by atoms with E-state index in [0.717, 1.165) is 12.0 Å². The van der Waals surface area contributed by atoms with Crippen LogP contribution >= 0.6 is 11.6 Å². The molecular formula is C14H15ClFN3O. The molecule has 106 valence electrons. The van der Waals surface area contributed by atoms with Crippen molar-refractivity contribution in [3.8, 4) is 0 Å². The van der Waals surface area contributed by atoms with E-state index >= 15 is 0 Å². The summed E-state index contributed by atoms with van der Waals surface area (Å²) in [5.74, 6) is -0.0339. The molecule has 2 aromatic rings. The maximum absolute atomic E-state index is 12.8. The molecule has 0 atom stereocenters. The van der Waals surface area contributed by atoms with Crippen LogP contribution < -0.4 is 5.32 Å². The molecule has 0 saturated heterocycles. The van der Waals surface area contributed by atoms with Crippen molar-refractivity contribution in [3.05, 3.63) is 46.9 Å². The highest BCUT2D eigenvalue weighted by Gasteiger charge is 2.10. The van der Waals surface area contributed by atoms with Crippen LogP contribution in [0.4, 0.5) is 10.2 Å². The van der Waals surface area contributed by atoms with Gasteiger partial charge in [-0.1, -0.05) is 30.7 Å². The Balaban J connectivity index is 2.06. The molecule has 0 saturated carbocycles. The number of hydrogen-bond donors (Lipinski definition) is 1. The van der Waals surface area contributed by atoms with Crippen molar-refractivity contribution in [2.24, 2.45) is 0 Å². The van der Waals surface area contributed by atoms with Gasteiger partial charge in [-0.25, -0.2) is 4.39 Å². The highest BCUT2D eigenvalue weighted by atomic mass is 35.5. The van der Waals surface area contributed by atoms with E-state index in [4.69, 9.17) is 11.6 Å². The Bertz CT molecular complexity index is 595. The fourth-order valence-electron chi connectivity index (χ4n) is 1.76. The van der Waals surface area contributed by atoms with Crippen molar-refractivity contribution < 1.29 is 9.18 Å². The lowest BCUT2D eigenvalue weighted by Gasteiger charge is -2.02. The molecule has 1 amide bonds. The van der Waals surface area contributed by atoms with Gasteiger partial charge in [0.25, 0.3) is 0 Å². The molecule has 1 N–H and O–H groups in total. The van der Waals surface area contributed by atoms with Gasteiger partial charge in [0.05, 0.1) is 6.54 Å². The normalized spacial score (nSPS) is 10.6. The largest absolute Gasteiger partial charge is 0.308 e. The maximum atomic E-state index is 12.8. The molecule has 0 radical (unpaired) electrons. The summed E-state index contributed by atoms with van der Waals surface area (Å²) in [6.07, 6.45) is 2.83. The van der Waals surface area contributed by atoms with Crippen LogP contribution in [0.2, 0.25) is 5.02 Å². The summed E-state index contributed by atoms with van der Waals surface area (Å²) in [7, 11) is 0.